The molecule has 1 aliphatic heterocycles. The van der Waals surface area contributed by atoms with Crippen LogP contribution in [0.4, 0.5) is 5.69 Å². The number of rotatable bonds is 2. The van der Waals surface area contributed by atoms with Gasteiger partial charge in [-0.2, -0.15) is 0 Å². The van der Waals surface area contributed by atoms with E-state index in [0.29, 0.717) is 22.1 Å². The average Bonchev–Trinajstić information content (AvgIpc) is 2.75. The molecule has 2 aromatic carbocycles. The summed E-state index contributed by atoms with van der Waals surface area (Å²) in [5, 5.41) is 0.554. The van der Waals surface area contributed by atoms with Gasteiger partial charge in [-0.3, -0.25) is 4.79 Å². The molecule has 106 valence electrons. The summed E-state index contributed by atoms with van der Waals surface area (Å²) in [6, 6.07) is 12.9. The summed E-state index contributed by atoms with van der Waals surface area (Å²) in [5.41, 5.74) is 2.57. The van der Waals surface area contributed by atoms with Gasteiger partial charge in [0.25, 0.3) is 0 Å². The molecule has 1 aliphatic rings. The molecule has 0 unspecified atom stereocenters. The summed E-state index contributed by atoms with van der Waals surface area (Å²) in [7, 11) is 3.97. The molecule has 1 heterocycles. The maximum atomic E-state index is 12.2. The Bertz CT molecular complexity index is 733. The molecule has 0 radical (unpaired) electrons. The first-order valence-electron chi connectivity index (χ1n) is 6.56. The number of benzene rings is 2. The Morgan fingerprint density at radius 2 is 1.81 bits per heavy atom. The number of anilines is 1. The third-order valence-corrected chi connectivity index (χ3v) is 3.57. The van der Waals surface area contributed by atoms with Crippen molar-refractivity contribution in [3.63, 3.8) is 0 Å². The fraction of sp³-hybridized carbons (Fsp3) is 0.118. The molecular formula is C17H14ClNO2. The van der Waals surface area contributed by atoms with E-state index in [-0.39, 0.29) is 5.78 Å². The Labute approximate surface area is 128 Å². The van der Waals surface area contributed by atoms with Crippen LogP contribution in [0.5, 0.6) is 5.75 Å². The number of ketones is 1. The number of nitrogens with zero attached hydrogens (tertiary/aromatic N) is 1. The van der Waals surface area contributed by atoms with E-state index in [0.717, 1.165) is 11.3 Å². The average molecular weight is 300 g/mol. The molecule has 0 amide bonds. The molecule has 2 aromatic rings. The summed E-state index contributed by atoms with van der Waals surface area (Å²) in [6.45, 7) is 0. The van der Waals surface area contributed by atoms with E-state index in [2.05, 4.69) is 0 Å². The van der Waals surface area contributed by atoms with Crippen LogP contribution in [0.25, 0.3) is 6.08 Å². The van der Waals surface area contributed by atoms with E-state index in [1.54, 1.807) is 24.3 Å². The number of hydrogen-bond acceptors (Lipinski definition) is 3. The number of ether oxygens (including phenoxy) is 1. The van der Waals surface area contributed by atoms with Crippen molar-refractivity contribution >= 4 is 29.1 Å². The Balaban J connectivity index is 1.90. The van der Waals surface area contributed by atoms with E-state index in [9.17, 15) is 4.79 Å². The monoisotopic (exact) mass is 299 g/mol. The van der Waals surface area contributed by atoms with Crippen LogP contribution < -0.4 is 9.64 Å². The third kappa shape index (κ3) is 2.65. The van der Waals surface area contributed by atoms with Crippen molar-refractivity contribution in [2.75, 3.05) is 19.0 Å². The minimum atomic E-state index is -0.113. The first kappa shape index (κ1) is 13.7. The lowest BCUT2D eigenvalue weighted by molar-refractivity contribution is 0.101. The fourth-order valence-corrected chi connectivity index (χ4v) is 2.34. The van der Waals surface area contributed by atoms with Crippen molar-refractivity contribution in [3.05, 3.63) is 64.4 Å². The Hall–Kier alpha value is -2.26. The summed E-state index contributed by atoms with van der Waals surface area (Å²) < 4.78 is 5.60. The van der Waals surface area contributed by atoms with E-state index in [1.807, 2.05) is 43.3 Å². The van der Waals surface area contributed by atoms with Gasteiger partial charge < -0.3 is 9.64 Å². The van der Waals surface area contributed by atoms with Gasteiger partial charge in [-0.15, -0.1) is 0 Å². The topological polar surface area (TPSA) is 29.5 Å². The van der Waals surface area contributed by atoms with Gasteiger partial charge in [0.05, 0.1) is 5.56 Å². The minimum absolute atomic E-state index is 0.113. The maximum absolute atomic E-state index is 12.2. The van der Waals surface area contributed by atoms with Crippen LogP contribution in [-0.2, 0) is 0 Å². The van der Waals surface area contributed by atoms with Crippen molar-refractivity contribution in [3.8, 4) is 5.75 Å². The normalized spacial score (nSPS) is 15.0. The van der Waals surface area contributed by atoms with Gasteiger partial charge in [0.2, 0.25) is 5.78 Å². The Kier molecular flexibility index (Phi) is 3.43. The number of allylic oxidation sites excluding steroid dienone is 1. The SMILES string of the molecule is CN(C)c1ccc(/C=C2\Oc3cc(Cl)ccc3C2=O)cc1. The number of Topliss-reactive ketones (excluding diaryl/α,β-unsaturated/α-hetero) is 1. The highest BCUT2D eigenvalue weighted by molar-refractivity contribution is 6.31. The highest BCUT2D eigenvalue weighted by atomic mass is 35.5. The second kappa shape index (κ2) is 5.26. The predicted molar refractivity (Wildman–Crippen MR) is 85.2 cm³/mol. The maximum Gasteiger partial charge on any atom is 0.231 e. The largest absolute Gasteiger partial charge is 0.452 e. The number of halogens is 1. The molecule has 0 bridgehead atoms. The van der Waals surface area contributed by atoms with Crippen LogP contribution in [0.2, 0.25) is 5.02 Å². The molecule has 0 saturated carbocycles. The second-order valence-corrected chi connectivity index (χ2v) is 5.50. The zero-order valence-electron chi connectivity index (χ0n) is 11.8. The quantitative estimate of drug-likeness (QED) is 0.784. The zero-order chi connectivity index (χ0) is 15.0. The van der Waals surface area contributed by atoms with Crippen LogP contribution in [0, 0.1) is 0 Å². The molecule has 0 N–H and O–H groups in total. The smallest absolute Gasteiger partial charge is 0.231 e. The standard InChI is InChI=1S/C17H14ClNO2/c1-19(2)13-6-3-11(4-7-13)9-16-17(20)14-8-5-12(18)10-15(14)21-16/h3-10H,1-2H3/b16-9-. The number of carbonyl (C=O) groups is 1. The van der Waals surface area contributed by atoms with E-state index < -0.39 is 0 Å². The van der Waals surface area contributed by atoms with Crippen LogP contribution in [0.1, 0.15) is 15.9 Å². The first-order valence-corrected chi connectivity index (χ1v) is 6.93. The molecule has 3 nitrogen and oxygen atoms in total. The molecular weight excluding hydrogens is 286 g/mol. The Morgan fingerprint density at radius 1 is 1.10 bits per heavy atom. The van der Waals surface area contributed by atoms with Crippen molar-refractivity contribution in [1.82, 2.24) is 0 Å². The van der Waals surface area contributed by atoms with Crippen molar-refractivity contribution < 1.29 is 9.53 Å². The van der Waals surface area contributed by atoms with Crippen molar-refractivity contribution in [1.29, 1.82) is 0 Å². The molecule has 0 atom stereocenters. The lowest BCUT2D eigenvalue weighted by Gasteiger charge is -2.11. The van der Waals surface area contributed by atoms with Gasteiger partial charge in [-0.1, -0.05) is 23.7 Å². The van der Waals surface area contributed by atoms with Crippen LogP contribution >= 0.6 is 11.6 Å². The summed E-state index contributed by atoms with van der Waals surface area (Å²) >= 11 is 5.91. The minimum Gasteiger partial charge on any atom is -0.452 e. The highest BCUT2D eigenvalue weighted by Gasteiger charge is 2.27. The Morgan fingerprint density at radius 3 is 2.48 bits per heavy atom. The van der Waals surface area contributed by atoms with Gasteiger partial charge in [0, 0.05) is 30.9 Å². The van der Waals surface area contributed by atoms with Crippen molar-refractivity contribution in [2.45, 2.75) is 0 Å². The molecule has 0 aromatic heterocycles. The lowest BCUT2D eigenvalue weighted by atomic mass is 10.1. The highest BCUT2D eigenvalue weighted by Crippen LogP contribution is 2.34. The van der Waals surface area contributed by atoms with Crippen LogP contribution in [0.15, 0.2) is 48.2 Å². The second-order valence-electron chi connectivity index (χ2n) is 5.07. The van der Waals surface area contributed by atoms with Gasteiger partial charge >= 0.3 is 0 Å². The molecule has 4 heteroatoms. The molecule has 0 aliphatic carbocycles. The zero-order valence-corrected chi connectivity index (χ0v) is 12.5. The van der Waals surface area contributed by atoms with Gasteiger partial charge in [-0.05, 0) is 35.9 Å². The van der Waals surface area contributed by atoms with Gasteiger partial charge in [0.15, 0.2) is 5.76 Å². The van der Waals surface area contributed by atoms with Gasteiger partial charge in [-0.25, -0.2) is 0 Å². The third-order valence-electron chi connectivity index (χ3n) is 3.34. The van der Waals surface area contributed by atoms with Gasteiger partial charge in [0.1, 0.15) is 5.75 Å². The molecule has 0 saturated heterocycles. The van der Waals surface area contributed by atoms with Crippen LogP contribution in [-0.4, -0.2) is 19.9 Å². The van der Waals surface area contributed by atoms with E-state index in [4.69, 9.17) is 16.3 Å². The first-order chi connectivity index (χ1) is 10.0. The molecule has 0 spiro atoms. The molecule has 21 heavy (non-hydrogen) atoms. The summed E-state index contributed by atoms with van der Waals surface area (Å²) in [6.07, 6.45) is 1.75. The molecule has 3 rings (SSSR count). The molecule has 0 fully saturated rings. The van der Waals surface area contributed by atoms with E-state index in [1.165, 1.54) is 0 Å². The lowest BCUT2D eigenvalue weighted by Crippen LogP contribution is -2.08. The fourth-order valence-electron chi connectivity index (χ4n) is 2.18. The number of fused-ring (bicyclic) bond motifs is 1. The van der Waals surface area contributed by atoms with E-state index >= 15 is 0 Å². The van der Waals surface area contributed by atoms with Crippen molar-refractivity contribution in [2.24, 2.45) is 0 Å². The van der Waals surface area contributed by atoms with Crippen LogP contribution in [0.3, 0.4) is 0 Å². The summed E-state index contributed by atoms with van der Waals surface area (Å²) in [4.78, 5) is 14.3. The number of hydrogen-bond donors (Lipinski definition) is 0. The predicted octanol–water partition coefficient (Wildman–Crippen LogP) is 4.02. The number of carbonyl (C=O) groups excluding carboxylic acids is 1. The summed E-state index contributed by atoms with van der Waals surface area (Å²) in [5.74, 6) is 0.729.